The van der Waals surface area contributed by atoms with Crippen LogP contribution in [0.5, 0.6) is 0 Å². The van der Waals surface area contributed by atoms with Gasteiger partial charge in [-0.1, -0.05) is 24.3 Å². The Morgan fingerprint density at radius 3 is 2.54 bits per heavy atom. The van der Waals surface area contributed by atoms with Crippen molar-refractivity contribution >= 4 is 47.3 Å². The van der Waals surface area contributed by atoms with Crippen LogP contribution < -0.4 is 20.4 Å². The molecule has 1 aliphatic rings. The van der Waals surface area contributed by atoms with Crippen molar-refractivity contribution in [3.63, 3.8) is 0 Å². The van der Waals surface area contributed by atoms with Crippen LogP contribution in [0.1, 0.15) is 22.6 Å². The Balaban J connectivity index is 1.28. The quantitative estimate of drug-likeness (QED) is 0.305. The van der Waals surface area contributed by atoms with Gasteiger partial charge in [0.15, 0.2) is 0 Å². The van der Waals surface area contributed by atoms with Crippen LogP contribution >= 0.6 is 0 Å². The molecule has 3 amide bonds. The molecule has 10 heteroatoms. The van der Waals surface area contributed by atoms with Crippen LogP contribution in [0, 0.1) is 0 Å². The molecule has 2 N–H and O–H groups in total. The van der Waals surface area contributed by atoms with E-state index in [-0.39, 0.29) is 18.4 Å². The van der Waals surface area contributed by atoms with E-state index < -0.39 is 0 Å². The highest BCUT2D eigenvalue weighted by atomic mass is 16.2. The van der Waals surface area contributed by atoms with Crippen molar-refractivity contribution in [3.8, 4) is 0 Å². The maximum atomic E-state index is 13.0. The molecule has 0 fully saturated rings. The molecular formula is C29H27N7O3. The first kappa shape index (κ1) is 25.5. The lowest BCUT2D eigenvalue weighted by Crippen LogP contribution is -2.33. The number of rotatable bonds is 10. The summed E-state index contributed by atoms with van der Waals surface area (Å²) >= 11 is 0. The monoisotopic (exact) mass is 521 g/mol. The molecular weight excluding hydrogens is 494 g/mol. The number of hydrogen-bond donors (Lipinski definition) is 2. The van der Waals surface area contributed by atoms with Gasteiger partial charge in [0.1, 0.15) is 18.7 Å². The van der Waals surface area contributed by atoms with Crippen LogP contribution in [0.2, 0.25) is 0 Å². The number of carbonyl (C=O) groups is 3. The molecule has 0 radical (unpaired) electrons. The van der Waals surface area contributed by atoms with Gasteiger partial charge in [0.2, 0.25) is 18.7 Å². The molecule has 0 spiro atoms. The van der Waals surface area contributed by atoms with Crippen LogP contribution in [-0.2, 0) is 27.2 Å². The Morgan fingerprint density at radius 2 is 1.77 bits per heavy atom. The molecule has 4 aromatic rings. The summed E-state index contributed by atoms with van der Waals surface area (Å²) in [6.45, 7) is -0.157. The number of anilines is 5. The number of pyridine rings is 1. The van der Waals surface area contributed by atoms with Crippen molar-refractivity contribution in [1.82, 2.24) is 15.0 Å². The highest BCUT2D eigenvalue weighted by Gasteiger charge is 2.26. The third kappa shape index (κ3) is 5.59. The first-order valence-corrected chi connectivity index (χ1v) is 12.4. The highest BCUT2D eigenvalue weighted by Crippen LogP contribution is 2.37. The van der Waals surface area contributed by atoms with E-state index in [9.17, 15) is 14.4 Å². The summed E-state index contributed by atoms with van der Waals surface area (Å²) < 4.78 is 0. The fraction of sp³-hybridized carbons (Fsp3) is 0.172. The summed E-state index contributed by atoms with van der Waals surface area (Å²) in [7, 11) is 1.85. The first-order valence-electron chi connectivity index (χ1n) is 12.4. The normalized spacial score (nSPS) is 13.7. The zero-order valence-corrected chi connectivity index (χ0v) is 21.3. The Morgan fingerprint density at radius 1 is 1.00 bits per heavy atom. The van der Waals surface area contributed by atoms with Gasteiger partial charge < -0.3 is 20.4 Å². The second-order valence-electron chi connectivity index (χ2n) is 9.22. The molecule has 39 heavy (non-hydrogen) atoms. The average Bonchev–Trinajstić information content (AvgIpc) is 3.40. The standard InChI is InChI=1S/C29H27N7O3/c1-35(24-14-30-17-31-15-24)26-6-2-3-7-27(26)36(19-38)16-28(39)34-23-9-8-20-11-22(12-21(20)13-23)25-5-4-10-32-29(25)33-18-37/h2-10,13-15,17-19,22H,11-12,16H2,1H3,(H,34,39)(H,32,33,37). The zero-order chi connectivity index (χ0) is 27.2. The predicted octanol–water partition coefficient (Wildman–Crippen LogP) is 3.69. The average molecular weight is 522 g/mol. The lowest BCUT2D eigenvalue weighted by molar-refractivity contribution is -0.116. The van der Waals surface area contributed by atoms with Crippen molar-refractivity contribution in [2.75, 3.05) is 34.0 Å². The Kier molecular flexibility index (Phi) is 7.53. The predicted molar refractivity (Wildman–Crippen MR) is 149 cm³/mol. The topological polar surface area (TPSA) is 120 Å². The molecule has 1 unspecified atom stereocenters. The summed E-state index contributed by atoms with van der Waals surface area (Å²) in [5.74, 6) is 0.427. The number of hydrogen-bond acceptors (Lipinski definition) is 7. The third-order valence-electron chi connectivity index (χ3n) is 6.82. The molecule has 10 nitrogen and oxygen atoms in total. The third-order valence-corrected chi connectivity index (χ3v) is 6.82. The first-order chi connectivity index (χ1) is 19.1. The number of aromatic nitrogens is 3. The van der Waals surface area contributed by atoms with Gasteiger partial charge in [-0.05, 0) is 65.8 Å². The molecule has 1 atom stereocenters. The van der Waals surface area contributed by atoms with Crippen LogP contribution in [0.4, 0.5) is 28.6 Å². The van der Waals surface area contributed by atoms with Gasteiger partial charge in [-0.2, -0.15) is 0 Å². The molecule has 1 aliphatic carbocycles. The summed E-state index contributed by atoms with van der Waals surface area (Å²) in [4.78, 5) is 51.7. The summed E-state index contributed by atoms with van der Waals surface area (Å²) in [5.41, 5.74) is 6.03. The number of benzene rings is 2. The van der Waals surface area contributed by atoms with Gasteiger partial charge in [0, 0.05) is 18.9 Å². The maximum absolute atomic E-state index is 13.0. The van der Waals surface area contributed by atoms with Crippen molar-refractivity contribution in [3.05, 3.63) is 96.2 Å². The largest absolute Gasteiger partial charge is 0.340 e. The lowest BCUT2D eigenvalue weighted by atomic mass is 9.97. The van der Waals surface area contributed by atoms with E-state index in [0.717, 1.165) is 35.3 Å². The maximum Gasteiger partial charge on any atom is 0.244 e. The van der Waals surface area contributed by atoms with Gasteiger partial charge >= 0.3 is 0 Å². The number of carbonyl (C=O) groups excluding carboxylic acids is 3. The van der Waals surface area contributed by atoms with Crippen LogP contribution in [0.15, 0.2) is 79.5 Å². The van der Waals surface area contributed by atoms with Gasteiger partial charge in [-0.25, -0.2) is 15.0 Å². The number of fused-ring (bicyclic) bond motifs is 1. The molecule has 5 rings (SSSR count). The van der Waals surface area contributed by atoms with Gasteiger partial charge in [-0.15, -0.1) is 0 Å². The Bertz CT molecular complexity index is 1500. The Labute approximate surface area is 225 Å². The minimum absolute atomic E-state index is 0.157. The van der Waals surface area contributed by atoms with Gasteiger partial charge in [0.25, 0.3) is 0 Å². The van der Waals surface area contributed by atoms with Gasteiger partial charge in [0.05, 0.1) is 29.5 Å². The fourth-order valence-electron chi connectivity index (χ4n) is 4.97. The molecule has 0 saturated carbocycles. The van der Waals surface area contributed by atoms with E-state index in [0.29, 0.717) is 30.0 Å². The van der Waals surface area contributed by atoms with Gasteiger partial charge in [-0.3, -0.25) is 14.4 Å². The second-order valence-corrected chi connectivity index (χ2v) is 9.22. The van der Waals surface area contributed by atoms with Crippen LogP contribution in [0.25, 0.3) is 0 Å². The molecule has 2 heterocycles. The molecule has 0 aliphatic heterocycles. The van der Waals surface area contributed by atoms with Crippen molar-refractivity contribution in [1.29, 1.82) is 0 Å². The molecule has 2 aromatic heterocycles. The smallest absolute Gasteiger partial charge is 0.244 e. The number of amides is 3. The molecule has 196 valence electrons. The van der Waals surface area contributed by atoms with E-state index in [1.165, 1.54) is 16.8 Å². The van der Waals surface area contributed by atoms with E-state index in [1.54, 1.807) is 24.7 Å². The minimum atomic E-state index is -0.318. The Hall–Kier alpha value is -5.12. The van der Waals surface area contributed by atoms with Crippen molar-refractivity contribution < 1.29 is 14.4 Å². The van der Waals surface area contributed by atoms with Crippen LogP contribution in [0.3, 0.4) is 0 Å². The highest BCUT2D eigenvalue weighted by molar-refractivity contribution is 5.99. The number of nitrogens with one attached hydrogen (secondary N) is 2. The SMILES string of the molecule is CN(c1cncnc1)c1ccccc1N(C=O)CC(=O)Nc1ccc2c(c1)CC(c1cccnc1NC=O)C2. The van der Waals surface area contributed by atoms with Crippen molar-refractivity contribution in [2.45, 2.75) is 18.8 Å². The minimum Gasteiger partial charge on any atom is -0.340 e. The van der Waals surface area contributed by atoms with E-state index in [4.69, 9.17) is 0 Å². The molecule has 2 aromatic carbocycles. The van der Waals surface area contributed by atoms with Crippen LogP contribution in [-0.4, -0.2) is 47.3 Å². The summed E-state index contributed by atoms with van der Waals surface area (Å²) in [6, 6.07) is 17.0. The van der Waals surface area contributed by atoms with E-state index in [1.807, 2.05) is 60.5 Å². The summed E-state index contributed by atoms with van der Waals surface area (Å²) in [5, 5.41) is 5.61. The number of para-hydroxylation sites is 2. The fourth-order valence-corrected chi connectivity index (χ4v) is 4.97. The summed E-state index contributed by atoms with van der Waals surface area (Å²) in [6.07, 6.45) is 9.32. The second kappa shape index (κ2) is 11.5. The van der Waals surface area contributed by atoms with Crippen molar-refractivity contribution in [2.24, 2.45) is 0 Å². The molecule has 0 bridgehead atoms. The lowest BCUT2D eigenvalue weighted by Gasteiger charge is -2.26. The number of nitrogens with zero attached hydrogens (tertiary/aromatic N) is 5. The van der Waals surface area contributed by atoms with E-state index in [2.05, 4.69) is 25.6 Å². The van der Waals surface area contributed by atoms with E-state index >= 15 is 0 Å². The molecule has 0 saturated heterocycles. The zero-order valence-electron chi connectivity index (χ0n) is 21.3.